The van der Waals surface area contributed by atoms with Crippen LogP contribution in [0.1, 0.15) is 25.3 Å². The van der Waals surface area contributed by atoms with E-state index >= 15 is 0 Å². The van der Waals surface area contributed by atoms with Gasteiger partial charge in [-0.05, 0) is 47.9 Å². The third-order valence-electron chi connectivity index (χ3n) is 5.28. The van der Waals surface area contributed by atoms with Crippen LogP contribution >= 0.6 is 0 Å². The number of carbonyl (C=O) groups excluding carboxylic acids is 1. The predicted molar refractivity (Wildman–Crippen MR) is 126 cm³/mol. The third kappa shape index (κ3) is 7.65. The molecule has 1 amide bonds. The number of hydrogen-bond donors (Lipinski definition) is 2. The number of hydrogen-bond acceptors (Lipinski definition) is 5. The average molecular weight is 489 g/mol. The van der Waals surface area contributed by atoms with Gasteiger partial charge in [0.05, 0.1) is 12.2 Å². The van der Waals surface area contributed by atoms with E-state index in [1.165, 1.54) is 18.2 Å². The Hall–Kier alpha value is -3.72. The number of alkyl halides is 3. The highest BCUT2D eigenvalue weighted by Crippen LogP contribution is 2.29. The number of methoxy groups -OCH3 is 1. The Labute approximate surface area is 201 Å². The third-order valence-corrected chi connectivity index (χ3v) is 5.28. The number of rotatable bonds is 9. The SMILES string of the molecule is CCC1=C(COC)C=CC(C(=O)NCc2ccc(Oc3cccc(OC(F)(F)F)c3)cc2)=C(N)C1. The molecule has 35 heavy (non-hydrogen) atoms. The van der Waals surface area contributed by atoms with E-state index in [9.17, 15) is 18.0 Å². The molecular weight excluding hydrogens is 461 g/mol. The maximum Gasteiger partial charge on any atom is 0.573 e. The van der Waals surface area contributed by atoms with Crippen molar-refractivity contribution in [1.29, 1.82) is 0 Å². The molecule has 0 saturated carbocycles. The van der Waals surface area contributed by atoms with E-state index in [1.54, 1.807) is 37.5 Å². The lowest BCUT2D eigenvalue weighted by Crippen LogP contribution is -2.26. The number of carbonyl (C=O) groups is 1. The second-order valence-electron chi connectivity index (χ2n) is 7.82. The van der Waals surface area contributed by atoms with Gasteiger partial charge < -0.3 is 25.3 Å². The highest BCUT2D eigenvalue weighted by Gasteiger charge is 2.31. The molecule has 0 radical (unpaired) electrons. The van der Waals surface area contributed by atoms with Gasteiger partial charge in [-0.1, -0.05) is 36.8 Å². The predicted octanol–water partition coefficient (Wildman–Crippen LogP) is 5.52. The standard InChI is InChI=1S/C26H27F3N2O4/c1-3-18-13-24(30)23(12-9-19(18)16-33-2)25(32)31-15-17-7-10-20(11-8-17)34-21-5-4-6-22(14-21)35-26(27,28)29/h4-12,14H,3,13,15-16,30H2,1-2H3,(H,31,32). The van der Waals surface area contributed by atoms with Crippen molar-refractivity contribution in [3.8, 4) is 17.2 Å². The molecular formula is C26H27F3N2O4. The molecule has 6 nitrogen and oxygen atoms in total. The van der Waals surface area contributed by atoms with Crippen LogP contribution in [-0.4, -0.2) is 26.0 Å². The molecule has 1 aliphatic rings. The summed E-state index contributed by atoms with van der Waals surface area (Å²) in [6.45, 7) is 2.76. The fraction of sp³-hybridized carbons (Fsp3) is 0.269. The van der Waals surface area contributed by atoms with E-state index in [4.69, 9.17) is 15.2 Å². The minimum absolute atomic E-state index is 0.197. The fourth-order valence-electron chi connectivity index (χ4n) is 3.55. The Bertz CT molecular complexity index is 1140. The van der Waals surface area contributed by atoms with Crippen molar-refractivity contribution in [2.45, 2.75) is 32.7 Å². The molecule has 0 fully saturated rings. The summed E-state index contributed by atoms with van der Waals surface area (Å²) in [5.41, 5.74) is 10.1. The number of benzene rings is 2. The number of nitrogens with two attached hydrogens (primary N) is 1. The van der Waals surface area contributed by atoms with Crippen LogP contribution < -0.4 is 20.5 Å². The zero-order valence-corrected chi connectivity index (χ0v) is 19.4. The molecule has 186 valence electrons. The molecule has 0 aliphatic heterocycles. The Kier molecular flexibility index (Phi) is 8.59. The first-order valence-corrected chi connectivity index (χ1v) is 11.0. The van der Waals surface area contributed by atoms with Crippen molar-refractivity contribution in [1.82, 2.24) is 5.32 Å². The van der Waals surface area contributed by atoms with Gasteiger partial charge in [-0.3, -0.25) is 4.79 Å². The van der Waals surface area contributed by atoms with Crippen LogP contribution in [0.5, 0.6) is 17.2 Å². The summed E-state index contributed by atoms with van der Waals surface area (Å²) >= 11 is 0. The molecule has 3 rings (SSSR count). The van der Waals surface area contributed by atoms with Crippen molar-refractivity contribution >= 4 is 5.91 Å². The van der Waals surface area contributed by atoms with E-state index in [-0.39, 0.29) is 24.0 Å². The molecule has 9 heteroatoms. The number of amides is 1. The van der Waals surface area contributed by atoms with Gasteiger partial charge in [-0.2, -0.15) is 0 Å². The van der Waals surface area contributed by atoms with Gasteiger partial charge in [0, 0.05) is 31.8 Å². The van der Waals surface area contributed by atoms with E-state index in [0.29, 0.717) is 30.0 Å². The van der Waals surface area contributed by atoms with E-state index in [2.05, 4.69) is 10.1 Å². The van der Waals surface area contributed by atoms with Crippen LogP contribution in [0.4, 0.5) is 13.2 Å². The second-order valence-corrected chi connectivity index (χ2v) is 7.82. The summed E-state index contributed by atoms with van der Waals surface area (Å²) in [6, 6.07) is 12.1. The van der Waals surface area contributed by atoms with Gasteiger partial charge in [0.1, 0.15) is 17.2 Å². The minimum Gasteiger partial charge on any atom is -0.457 e. The first kappa shape index (κ1) is 25.9. The maximum atomic E-state index is 12.8. The molecule has 0 unspecified atom stereocenters. The normalized spacial score (nSPS) is 14.1. The molecule has 0 spiro atoms. The van der Waals surface area contributed by atoms with Crippen molar-refractivity contribution in [3.63, 3.8) is 0 Å². The number of ether oxygens (including phenoxy) is 3. The zero-order chi connectivity index (χ0) is 25.4. The van der Waals surface area contributed by atoms with Crippen LogP contribution in [0.15, 0.2) is 83.1 Å². The first-order valence-electron chi connectivity index (χ1n) is 11.0. The van der Waals surface area contributed by atoms with Crippen LogP contribution in [0.25, 0.3) is 0 Å². The number of allylic oxidation sites excluding steroid dienone is 1. The Morgan fingerprint density at radius 1 is 1.06 bits per heavy atom. The topological polar surface area (TPSA) is 82.8 Å². The molecule has 3 N–H and O–H groups in total. The lowest BCUT2D eigenvalue weighted by molar-refractivity contribution is -0.274. The van der Waals surface area contributed by atoms with Crippen molar-refractivity contribution < 1.29 is 32.2 Å². The molecule has 0 bridgehead atoms. The molecule has 0 atom stereocenters. The van der Waals surface area contributed by atoms with E-state index < -0.39 is 6.36 Å². The lowest BCUT2D eigenvalue weighted by atomic mass is 10.0. The highest BCUT2D eigenvalue weighted by molar-refractivity contribution is 5.97. The van der Waals surface area contributed by atoms with Gasteiger partial charge >= 0.3 is 6.36 Å². The van der Waals surface area contributed by atoms with Gasteiger partial charge in [-0.25, -0.2) is 0 Å². The van der Waals surface area contributed by atoms with Gasteiger partial charge in [0.25, 0.3) is 5.91 Å². The Morgan fingerprint density at radius 3 is 2.43 bits per heavy atom. The number of nitrogens with one attached hydrogen (secondary N) is 1. The highest BCUT2D eigenvalue weighted by atomic mass is 19.4. The van der Waals surface area contributed by atoms with Crippen LogP contribution in [0.2, 0.25) is 0 Å². The molecule has 2 aromatic rings. The molecule has 1 aliphatic carbocycles. The minimum atomic E-state index is -4.78. The van der Waals surface area contributed by atoms with E-state index in [1.807, 2.05) is 13.0 Å². The summed E-state index contributed by atoms with van der Waals surface area (Å²) in [5.74, 6) is -0.0317. The summed E-state index contributed by atoms with van der Waals surface area (Å²) in [5, 5.41) is 2.86. The van der Waals surface area contributed by atoms with Crippen molar-refractivity contribution in [3.05, 3.63) is 88.7 Å². The smallest absolute Gasteiger partial charge is 0.457 e. The fourth-order valence-corrected chi connectivity index (χ4v) is 3.55. The summed E-state index contributed by atoms with van der Waals surface area (Å²) in [6.07, 6.45) is 0.130. The number of halogens is 3. The zero-order valence-electron chi connectivity index (χ0n) is 19.4. The van der Waals surface area contributed by atoms with Gasteiger partial charge in [0.2, 0.25) is 0 Å². The van der Waals surface area contributed by atoms with Crippen LogP contribution in [-0.2, 0) is 16.1 Å². The quantitative estimate of drug-likeness (QED) is 0.486. The van der Waals surface area contributed by atoms with Gasteiger partial charge in [-0.15, -0.1) is 13.2 Å². The van der Waals surface area contributed by atoms with Crippen LogP contribution in [0, 0.1) is 0 Å². The van der Waals surface area contributed by atoms with E-state index in [0.717, 1.165) is 29.2 Å². The lowest BCUT2D eigenvalue weighted by Gasteiger charge is -2.12. The summed E-state index contributed by atoms with van der Waals surface area (Å²) in [4.78, 5) is 12.8. The molecule has 0 heterocycles. The second kappa shape index (κ2) is 11.6. The summed E-state index contributed by atoms with van der Waals surface area (Å²) < 4.78 is 52.0. The Balaban J connectivity index is 1.59. The average Bonchev–Trinajstić information content (AvgIpc) is 2.96. The Morgan fingerprint density at radius 2 is 1.77 bits per heavy atom. The van der Waals surface area contributed by atoms with Gasteiger partial charge in [0.15, 0.2) is 0 Å². The monoisotopic (exact) mass is 488 g/mol. The van der Waals surface area contributed by atoms with Crippen LogP contribution in [0.3, 0.4) is 0 Å². The van der Waals surface area contributed by atoms with Crippen molar-refractivity contribution in [2.24, 2.45) is 5.73 Å². The first-order chi connectivity index (χ1) is 16.7. The van der Waals surface area contributed by atoms with Crippen molar-refractivity contribution in [2.75, 3.05) is 13.7 Å². The molecule has 0 aromatic heterocycles. The largest absolute Gasteiger partial charge is 0.573 e. The summed E-state index contributed by atoms with van der Waals surface area (Å²) in [7, 11) is 1.62. The molecule has 2 aromatic carbocycles. The molecule has 0 saturated heterocycles. The maximum absolute atomic E-state index is 12.8.